The Hall–Kier alpha value is -2.04. The molecule has 0 aliphatic heterocycles. The monoisotopic (exact) mass is 250 g/mol. The van der Waals surface area contributed by atoms with Gasteiger partial charge in [0.05, 0.1) is 6.61 Å². The number of nitrogens with two attached hydrogens (primary N) is 1. The quantitative estimate of drug-likeness (QED) is 0.831. The largest absolute Gasteiger partial charge is 0.449 e. The van der Waals surface area contributed by atoms with Crippen molar-refractivity contribution in [1.82, 2.24) is 4.90 Å². The predicted molar refractivity (Wildman–Crippen MR) is 68.2 cm³/mol. The molecule has 0 bridgehead atoms. The van der Waals surface area contributed by atoms with Crippen LogP contribution in [0.1, 0.15) is 17.5 Å². The average Bonchev–Trinajstić information content (AvgIpc) is 2.35. The van der Waals surface area contributed by atoms with Crippen molar-refractivity contribution in [3.05, 3.63) is 35.4 Å². The van der Waals surface area contributed by atoms with Crippen LogP contribution >= 0.6 is 0 Å². The van der Waals surface area contributed by atoms with Crippen molar-refractivity contribution in [2.75, 3.05) is 13.7 Å². The zero-order chi connectivity index (χ0) is 13.5. The molecule has 0 heterocycles. The van der Waals surface area contributed by atoms with E-state index in [1.54, 1.807) is 0 Å². The van der Waals surface area contributed by atoms with Gasteiger partial charge in [-0.05, 0) is 25.3 Å². The van der Waals surface area contributed by atoms with Crippen LogP contribution in [-0.2, 0) is 11.2 Å². The third-order valence-electron chi connectivity index (χ3n) is 2.56. The Kier molecular flexibility index (Phi) is 5.17. The maximum atomic E-state index is 11.2. The molecule has 1 aromatic carbocycles. The molecule has 0 saturated heterocycles. The van der Waals surface area contributed by atoms with Crippen molar-refractivity contribution < 1.29 is 14.3 Å². The van der Waals surface area contributed by atoms with Gasteiger partial charge in [0, 0.05) is 7.05 Å². The van der Waals surface area contributed by atoms with E-state index in [4.69, 9.17) is 10.5 Å². The van der Waals surface area contributed by atoms with Gasteiger partial charge in [0.15, 0.2) is 0 Å². The van der Waals surface area contributed by atoms with E-state index in [1.165, 1.54) is 18.2 Å². The van der Waals surface area contributed by atoms with Crippen LogP contribution in [0, 0.1) is 6.92 Å². The molecule has 2 N–H and O–H groups in total. The molecule has 5 nitrogen and oxygen atoms in total. The van der Waals surface area contributed by atoms with Crippen LogP contribution in [-0.4, -0.2) is 30.7 Å². The molecule has 0 fully saturated rings. The number of imide groups is 1. The number of benzene rings is 1. The van der Waals surface area contributed by atoms with Crippen molar-refractivity contribution in [2.45, 2.75) is 19.8 Å². The summed E-state index contributed by atoms with van der Waals surface area (Å²) in [5.41, 5.74) is 7.34. The van der Waals surface area contributed by atoms with Gasteiger partial charge in [-0.1, -0.05) is 29.8 Å². The van der Waals surface area contributed by atoms with Crippen molar-refractivity contribution >= 4 is 12.1 Å². The number of primary amides is 1. The van der Waals surface area contributed by atoms with E-state index in [1.807, 2.05) is 31.2 Å². The summed E-state index contributed by atoms with van der Waals surface area (Å²) in [6, 6.07) is 7.36. The van der Waals surface area contributed by atoms with Crippen molar-refractivity contribution in [3.8, 4) is 0 Å². The molecule has 1 aromatic rings. The van der Waals surface area contributed by atoms with E-state index < -0.39 is 12.1 Å². The molecule has 0 atom stereocenters. The number of urea groups is 1. The summed E-state index contributed by atoms with van der Waals surface area (Å²) < 4.78 is 4.90. The molecule has 98 valence electrons. The van der Waals surface area contributed by atoms with Gasteiger partial charge in [0.1, 0.15) is 0 Å². The van der Waals surface area contributed by atoms with E-state index in [0.29, 0.717) is 6.42 Å². The first-order valence-corrected chi connectivity index (χ1v) is 5.76. The van der Waals surface area contributed by atoms with Gasteiger partial charge in [-0.25, -0.2) is 14.5 Å². The molecule has 0 spiro atoms. The average molecular weight is 250 g/mol. The summed E-state index contributed by atoms with van der Waals surface area (Å²) >= 11 is 0. The van der Waals surface area contributed by atoms with E-state index in [2.05, 4.69) is 0 Å². The van der Waals surface area contributed by atoms with Crippen LogP contribution in [0.5, 0.6) is 0 Å². The lowest BCUT2D eigenvalue weighted by Gasteiger charge is -2.12. The molecule has 5 heteroatoms. The Morgan fingerprint density at radius 2 is 1.89 bits per heavy atom. The number of rotatable bonds is 4. The molecule has 3 amide bonds. The standard InChI is InChI=1S/C13H18N2O3/c1-10-5-7-11(8-6-10)4-3-9-18-13(17)15(2)12(14)16/h5-8H,3-4,9H2,1-2H3,(H2,14,16). The van der Waals surface area contributed by atoms with Gasteiger partial charge < -0.3 is 10.5 Å². The summed E-state index contributed by atoms with van der Waals surface area (Å²) in [5.74, 6) is 0. The Morgan fingerprint density at radius 1 is 1.28 bits per heavy atom. The fourth-order valence-corrected chi connectivity index (χ4v) is 1.38. The molecule has 0 radical (unpaired) electrons. The SMILES string of the molecule is Cc1ccc(CCCOC(=O)N(C)C(N)=O)cc1. The molecule has 0 unspecified atom stereocenters. The topological polar surface area (TPSA) is 72.6 Å². The number of nitrogens with zero attached hydrogens (tertiary/aromatic N) is 1. The number of amides is 3. The van der Waals surface area contributed by atoms with Crippen LogP contribution in [0.25, 0.3) is 0 Å². The Bertz CT molecular complexity index is 415. The Balaban J connectivity index is 2.25. The highest BCUT2D eigenvalue weighted by Gasteiger charge is 2.14. The van der Waals surface area contributed by atoms with Crippen molar-refractivity contribution in [3.63, 3.8) is 0 Å². The van der Waals surface area contributed by atoms with E-state index in [-0.39, 0.29) is 6.61 Å². The van der Waals surface area contributed by atoms with E-state index >= 15 is 0 Å². The number of ether oxygens (including phenoxy) is 1. The Morgan fingerprint density at radius 3 is 2.44 bits per heavy atom. The number of hydrogen-bond acceptors (Lipinski definition) is 3. The molecule has 0 aromatic heterocycles. The minimum absolute atomic E-state index is 0.268. The first kappa shape index (κ1) is 14.0. The minimum Gasteiger partial charge on any atom is -0.449 e. The van der Waals surface area contributed by atoms with Crippen LogP contribution in [0.15, 0.2) is 24.3 Å². The smallest absolute Gasteiger partial charge is 0.417 e. The summed E-state index contributed by atoms with van der Waals surface area (Å²) in [6.07, 6.45) is 0.821. The second-order valence-electron chi connectivity index (χ2n) is 4.10. The first-order valence-electron chi connectivity index (χ1n) is 5.76. The summed E-state index contributed by atoms with van der Waals surface area (Å²) in [7, 11) is 1.28. The van der Waals surface area contributed by atoms with Crippen LogP contribution in [0.2, 0.25) is 0 Å². The van der Waals surface area contributed by atoms with Crippen LogP contribution < -0.4 is 5.73 Å². The van der Waals surface area contributed by atoms with Crippen molar-refractivity contribution in [1.29, 1.82) is 0 Å². The van der Waals surface area contributed by atoms with Gasteiger partial charge in [0.25, 0.3) is 0 Å². The summed E-state index contributed by atoms with van der Waals surface area (Å²) in [5, 5.41) is 0. The van der Waals surface area contributed by atoms with Crippen LogP contribution in [0.3, 0.4) is 0 Å². The fourth-order valence-electron chi connectivity index (χ4n) is 1.38. The zero-order valence-corrected chi connectivity index (χ0v) is 10.7. The fraction of sp³-hybridized carbons (Fsp3) is 0.385. The Labute approximate surface area is 107 Å². The molecule has 0 saturated carbocycles. The molecule has 18 heavy (non-hydrogen) atoms. The van der Waals surface area contributed by atoms with E-state index in [0.717, 1.165) is 11.3 Å². The zero-order valence-electron chi connectivity index (χ0n) is 10.7. The highest BCUT2D eigenvalue weighted by molar-refractivity contribution is 5.89. The highest BCUT2D eigenvalue weighted by Crippen LogP contribution is 2.06. The molecular weight excluding hydrogens is 232 g/mol. The van der Waals surface area contributed by atoms with Gasteiger partial charge in [-0.2, -0.15) is 0 Å². The van der Waals surface area contributed by atoms with Crippen LogP contribution in [0.4, 0.5) is 9.59 Å². The number of carbonyl (C=O) groups is 2. The number of aryl methyl sites for hydroxylation is 2. The molecular formula is C13H18N2O3. The maximum Gasteiger partial charge on any atom is 0.417 e. The molecule has 1 rings (SSSR count). The molecule has 0 aliphatic rings. The summed E-state index contributed by atoms with van der Waals surface area (Å²) in [4.78, 5) is 22.7. The van der Waals surface area contributed by atoms with Gasteiger partial charge >= 0.3 is 12.1 Å². The van der Waals surface area contributed by atoms with Crippen molar-refractivity contribution in [2.24, 2.45) is 5.73 Å². The maximum absolute atomic E-state index is 11.2. The third-order valence-corrected chi connectivity index (χ3v) is 2.56. The van der Waals surface area contributed by atoms with E-state index in [9.17, 15) is 9.59 Å². The van der Waals surface area contributed by atoms with Gasteiger partial charge in [0.2, 0.25) is 0 Å². The van der Waals surface area contributed by atoms with Gasteiger partial charge in [-0.3, -0.25) is 0 Å². The highest BCUT2D eigenvalue weighted by atomic mass is 16.6. The first-order chi connectivity index (χ1) is 8.50. The predicted octanol–water partition coefficient (Wildman–Crippen LogP) is 2.07. The lowest BCUT2D eigenvalue weighted by atomic mass is 10.1. The summed E-state index contributed by atoms with van der Waals surface area (Å²) in [6.45, 7) is 2.30. The van der Waals surface area contributed by atoms with Gasteiger partial charge in [-0.15, -0.1) is 0 Å². The second kappa shape index (κ2) is 6.64. The third kappa shape index (κ3) is 4.45. The number of hydrogen-bond donors (Lipinski definition) is 1. The lowest BCUT2D eigenvalue weighted by Crippen LogP contribution is -2.37. The number of carbonyl (C=O) groups excluding carboxylic acids is 2. The minimum atomic E-state index is -0.821. The molecule has 0 aliphatic carbocycles. The normalized spacial score (nSPS) is 9.89. The lowest BCUT2D eigenvalue weighted by molar-refractivity contribution is 0.117. The second-order valence-corrected chi connectivity index (χ2v) is 4.10.